The molecular formula is C17H26N2O. The van der Waals surface area contributed by atoms with Crippen LogP contribution in [-0.4, -0.2) is 37.9 Å². The number of aliphatic hydroxyl groups excluding tert-OH is 1. The maximum absolute atomic E-state index is 10.5. The SMILES string of the molecule is CN1CCN(CC2CCC(C)(C)C2O)c2ccccc21. The fraction of sp³-hybridized carbons (Fsp3) is 0.647. The molecular weight excluding hydrogens is 248 g/mol. The van der Waals surface area contributed by atoms with Crippen molar-refractivity contribution in [2.45, 2.75) is 32.8 Å². The molecule has 1 aliphatic carbocycles. The number of anilines is 2. The lowest BCUT2D eigenvalue weighted by atomic mass is 9.87. The van der Waals surface area contributed by atoms with E-state index in [0.29, 0.717) is 5.92 Å². The number of nitrogens with zero attached hydrogens (tertiary/aromatic N) is 2. The van der Waals surface area contributed by atoms with Crippen LogP contribution < -0.4 is 9.80 Å². The summed E-state index contributed by atoms with van der Waals surface area (Å²) in [6, 6.07) is 8.61. The highest BCUT2D eigenvalue weighted by Crippen LogP contribution is 2.42. The van der Waals surface area contributed by atoms with Crippen LogP contribution in [0.3, 0.4) is 0 Å². The molecule has 3 rings (SSSR count). The molecule has 0 spiro atoms. The summed E-state index contributed by atoms with van der Waals surface area (Å²) in [4.78, 5) is 4.78. The Bertz CT molecular complexity index is 486. The second-order valence-electron chi connectivity index (χ2n) is 7.09. The summed E-state index contributed by atoms with van der Waals surface area (Å²) in [6.07, 6.45) is 2.10. The maximum Gasteiger partial charge on any atom is 0.0636 e. The van der Waals surface area contributed by atoms with E-state index in [9.17, 15) is 5.11 Å². The molecule has 0 bridgehead atoms. The first-order chi connectivity index (χ1) is 9.49. The molecule has 2 atom stereocenters. The van der Waals surface area contributed by atoms with E-state index in [1.165, 1.54) is 11.4 Å². The van der Waals surface area contributed by atoms with Crippen molar-refractivity contribution in [3.05, 3.63) is 24.3 Å². The smallest absolute Gasteiger partial charge is 0.0636 e. The highest BCUT2D eigenvalue weighted by Gasteiger charge is 2.41. The molecule has 1 aromatic carbocycles. The fourth-order valence-corrected chi connectivity index (χ4v) is 3.73. The van der Waals surface area contributed by atoms with Crippen molar-refractivity contribution in [3.63, 3.8) is 0 Å². The summed E-state index contributed by atoms with van der Waals surface area (Å²) in [5.41, 5.74) is 2.71. The Balaban J connectivity index is 1.78. The zero-order valence-corrected chi connectivity index (χ0v) is 12.8. The number of likely N-dealkylation sites (N-methyl/N-ethyl adjacent to an activating group) is 1. The molecule has 20 heavy (non-hydrogen) atoms. The van der Waals surface area contributed by atoms with Crippen LogP contribution in [0.15, 0.2) is 24.3 Å². The number of benzene rings is 1. The number of hydrogen-bond donors (Lipinski definition) is 1. The highest BCUT2D eigenvalue weighted by atomic mass is 16.3. The average molecular weight is 274 g/mol. The number of aliphatic hydroxyl groups is 1. The van der Waals surface area contributed by atoms with Gasteiger partial charge in [-0.25, -0.2) is 0 Å². The van der Waals surface area contributed by atoms with Gasteiger partial charge in [-0.15, -0.1) is 0 Å². The van der Waals surface area contributed by atoms with Gasteiger partial charge in [-0.3, -0.25) is 0 Å². The quantitative estimate of drug-likeness (QED) is 0.898. The summed E-state index contributed by atoms with van der Waals surface area (Å²) in [7, 11) is 2.16. The van der Waals surface area contributed by atoms with Gasteiger partial charge < -0.3 is 14.9 Å². The van der Waals surface area contributed by atoms with Gasteiger partial charge in [-0.1, -0.05) is 26.0 Å². The second-order valence-corrected chi connectivity index (χ2v) is 7.09. The van der Waals surface area contributed by atoms with Crippen LogP contribution >= 0.6 is 0 Å². The lowest BCUT2D eigenvalue weighted by molar-refractivity contribution is 0.0481. The Morgan fingerprint density at radius 1 is 1.20 bits per heavy atom. The molecule has 110 valence electrons. The maximum atomic E-state index is 10.5. The van der Waals surface area contributed by atoms with E-state index in [4.69, 9.17) is 0 Å². The first-order valence-electron chi connectivity index (χ1n) is 7.72. The predicted octanol–water partition coefficient (Wildman–Crippen LogP) is 2.74. The number of hydrogen-bond acceptors (Lipinski definition) is 3. The molecule has 1 N–H and O–H groups in total. The average Bonchev–Trinajstić information content (AvgIpc) is 2.69. The molecule has 3 heteroatoms. The Morgan fingerprint density at radius 3 is 2.55 bits per heavy atom. The minimum absolute atomic E-state index is 0.0801. The van der Waals surface area contributed by atoms with E-state index in [-0.39, 0.29) is 11.5 Å². The van der Waals surface area contributed by atoms with Gasteiger partial charge in [0.2, 0.25) is 0 Å². The van der Waals surface area contributed by atoms with Gasteiger partial charge in [0.1, 0.15) is 0 Å². The van der Waals surface area contributed by atoms with Gasteiger partial charge in [-0.2, -0.15) is 0 Å². The fourth-order valence-electron chi connectivity index (χ4n) is 3.73. The van der Waals surface area contributed by atoms with E-state index >= 15 is 0 Å². The van der Waals surface area contributed by atoms with Crippen molar-refractivity contribution in [2.75, 3.05) is 36.5 Å². The summed E-state index contributed by atoms with van der Waals surface area (Å²) >= 11 is 0. The predicted molar refractivity (Wildman–Crippen MR) is 84.4 cm³/mol. The number of fused-ring (bicyclic) bond motifs is 1. The van der Waals surface area contributed by atoms with Gasteiger partial charge in [0.15, 0.2) is 0 Å². The van der Waals surface area contributed by atoms with Crippen LogP contribution in [0.2, 0.25) is 0 Å². The molecule has 0 amide bonds. The van der Waals surface area contributed by atoms with Crippen molar-refractivity contribution in [3.8, 4) is 0 Å². The van der Waals surface area contributed by atoms with E-state index < -0.39 is 0 Å². The molecule has 1 heterocycles. The summed E-state index contributed by atoms with van der Waals surface area (Å²) in [6.45, 7) is 7.47. The molecule has 1 aliphatic heterocycles. The Labute approximate surface area is 122 Å². The van der Waals surface area contributed by atoms with E-state index in [0.717, 1.165) is 32.5 Å². The third-order valence-corrected chi connectivity index (χ3v) is 5.20. The number of para-hydroxylation sites is 2. The van der Waals surface area contributed by atoms with Gasteiger partial charge in [0, 0.05) is 32.6 Å². The van der Waals surface area contributed by atoms with Gasteiger partial charge in [0.05, 0.1) is 17.5 Å². The Hall–Kier alpha value is -1.22. The topological polar surface area (TPSA) is 26.7 Å². The van der Waals surface area contributed by atoms with Crippen LogP contribution in [0.1, 0.15) is 26.7 Å². The summed E-state index contributed by atoms with van der Waals surface area (Å²) in [5, 5.41) is 10.5. The molecule has 2 aliphatic rings. The van der Waals surface area contributed by atoms with E-state index in [1.807, 2.05) is 0 Å². The lowest BCUT2D eigenvalue weighted by Crippen LogP contribution is -2.43. The summed E-state index contributed by atoms with van der Waals surface area (Å²) < 4.78 is 0. The minimum Gasteiger partial charge on any atom is -0.392 e. The Kier molecular flexibility index (Phi) is 3.41. The molecule has 1 fully saturated rings. The van der Waals surface area contributed by atoms with Gasteiger partial charge in [0.25, 0.3) is 0 Å². The third-order valence-electron chi connectivity index (χ3n) is 5.20. The van der Waals surface area contributed by atoms with E-state index in [2.05, 4.69) is 55.0 Å². The first kappa shape index (κ1) is 13.7. The standard InChI is InChI=1S/C17H26N2O/c1-17(2)9-8-13(16(17)20)12-19-11-10-18(3)14-6-4-5-7-15(14)19/h4-7,13,16,20H,8-12H2,1-3H3. The molecule has 0 radical (unpaired) electrons. The zero-order valence-electron chi connectivity index (χ0n) is 12.8. The zero-order chi connectivity index (χ0) is 14.3. The van der Waals surface area contributed by atoms with Crippen LogP contribution in [0, 0.1) is 11.3 Å². The van der Waals surface area contributed by atoms with Crippen LogP contribution in [-0.2, 0) is 0 Å². The normalized spacial score (nSPS) is 28.6. The second kappa shape index (κ2) is 4.96. The van der Waals surface area contributed by atoms with Crippen LogP contribution in [0.25, 0.3) is 0 Å². The van der Waals surface area contributed by atoms with Crippen molar-refractivity contribution < 1.29 is 5.11 Å². The highest BCUT2D eigenvalue weighted by molar-refractivity contribution is 5.73. The van der Waals surface area contributed by atoms with Crippen molar-refractivity contribution in [1.82, 2.24) is 0 Å². The largest absolute Gasteiger partial charge is 0.392 e. The molecule has 2 unspecified atom stereocenters. The van der Waals surface area contributed by atoms with Crippen LogP contribution in [0.4, 0.5) is 11.4 Å². The number of rotatable bonds is 2. The van der Waals surface area contributed by atoms with Crippen molar-refractivity contribution >= 4 is 11.4 Å². The van der Waals surface area contributed by atoms with Crippen molar-refractivity contribution in [1.29, 1.82) is 0 Å². The molecule has 3 nitrogen and oxygen atoms in total. The minimum atomic E-state index is -0.172. The third kappa shape index (κ3) is 2.28. The molecule has 0 aromatic heterocycles. The van der Waals surface area contributed by atoms with Crippen LogP contribution in [0.5, 0.6) is 0 Å². The Morgan fingerprint density at radius 2 is 1.90 bits per heavy atom. The first-order valence-corrected chi connectivity index (χ1v) is 7.72. The summed E-state index contributed by atoms with van der Waals surface area (Å²) in [5.74, 6) is 0.404. The van der Waals surface area contributed by atoms with E-state index in [1.54, 1.807) is 0 Å². The molecule has 1 aromatic rings. The van der Waals surface area contributed by atoms with Crippen molar-refractivity contribution in [2.24, 2.45) is 11.3 Å². The van der Waals surface area contributed by atoms with Gasteiger partial charge in [-0.05, 0) is 30.4 Å². The lowest BCUT2D eigenvalue weighted by Gasteiger charge is -2.39. The monoisotopic (exact) mass is 274 g/mol. The van der Waals surface area contributed by atoms with Gasteiger partial charge >= 0.3 is 0 Å². The molecule has 1 saturated carbocycles. The molecule has 0 saturated heterocycles.